The number of nitrogens with one attached hydrogen (secondary N) is 3. The average molecular weight is 407 g/mol. The van der Waals surface area contributed by atoms with Crippen LogP contribution in [0.3, 0.4) is 0 Å². The minimum atomic E-state index is -0.323. The predicted octanol–water partition coefficient (Wildman–Crippen LogP) is 4.11. The summed E-state index contributed by atoms with van der Waals surface area (Å²) in [4.78, 5) is 24.0. The van der Waals surface area contributed by atoms with Crippen molar-refractivity contribution in [3.63, 3.8) is 0 Å². The van der Waals surface area contributed by atoms with Crippen LogP contribution in [-0.2, 0) is 6.54 Å². The Morgan fingerprint density at radius 3 is 2.67 bits per heavy atom. The molecule has 0 radical (unpaired) electrons. The number of urea groups is 1. The van der Waals surface area contributed by atoms with Crippen molar-refractivity contribution < 1.29 is 18.7 Å². The molecule has 3 rings (SSSR count). The summed E-state index contributed by atoms with van der Waals surface area (Å²) in [5.74, 6) is 0.749. The molecule has 3 N–H and O–H groups in total. The molecule has 3 amide bonds. The fourth-order valence-electron chi connectivity index (χ4n) is 2.77. The van der Waals surface area contributed by atoms with Gasteiger partial charge in [-0.3, -0.25) is 4.79 Å². The van der Waals surface area contributed by atoms with E-state index in [1.807, 2.05) is 43.3 Å². The summed E-state index contributed by atoms with van der Waals surface area (Å²) in [6.07, 6.45) is 2.15. The molecule has 3 aromatic rings. The van der Waals surface area contributed by atoms with Gasteiger partial charge in [-0.2, -0.15) is 0 Å². The standard InChI is InChI=1S/C23H25N3O4/c1-17-6-2-9-20(14-17)29-13-5-11-24-23(28)25-16-18-7-3-8-19(15-18)26-22(27)21-10-4-12-30-21/h2-4,6-10,12,14-15H,5,11,13,16H2,1H3,(H,26,27)(H2,24,25,28). The largest absolute Gasteiger partial charge is 0.494 e. The van der Waals surface area contributed by atoms with Crippen LogP contribution in [0.1, 0.15) is 28.1 Å². The van der Waals surface area contributed by atoms with Crippen molar-refractivity contribution in [1.29, 1.82) is 0 Å². The maximum Gasteiger partial charge on any atom is 0.315 e. The van der Waals surface area contributed by atoms with Gasteiger partial charge in [-0.15, -0.1) is 0 Å². The molecule has 7 nitrogen and oxygen atoms in total. The molecular formula is C23H25N3O4. The van der Waals surface area contributed by atoms with E-state index >= 15 is 0 Å². The molecule has 0 bridgehead atoms. The van der Waals surface area contributed by atoms with Crippen LogP contribution in [0.25, 0.3) is 0 Å². The predicted molar refractivity (Wildman–Crippen MR) is 115 cm³/mol. The normalized spacial score (nSPS) is 10.3. The fourth-order valence-corrected chi connectivity index (χ4v) is 2.77. The highest BCUT2D eigenvalue weighted by molar-refractivity contribution is 6.02. The average Bonchev–Trinajstić information content (AvgIpc) is 3.27. The van der Waals surface area contributed by atoms with E-state index in [1.54, 1.807) is 24.3 Å². The number of ether oxygens (including phenoxy) is 1. The zero-order chi connectivity index (χ0) is 21.2. The number of benzene rings is 2. The molecule has 0 spiro atoms. The van der Waals surface area contributed by atoms with Gasteiger partial charge < -0.3 is 25.1 Å². The van der Waals surface area contributed by atoms with Gasteiger partial charge in [0.15, 0.2) is 5.76 Å². The lowest BCUT2D eigenvalue weighted by molar-refractivity contribution is 0.0996. The molecule has 0 saturated heterocycles. The maximum absolute atomic E-state index is 12.0. The van der Waals surface area contributed by atoms with Gasteiger partial charge in [-0.05, 0) is 60.9 Å². The molecule has 0 atom stereocenters. The number of carbonyl (C=O) groups excluding carboxylic acids is 2. The van der Waals surface area contributed by atoms with Crippen LogP contribution in [0.15, 0.2) is 71.3 Å². The van der Waals surface area contributed by atoms with Crippen molar-refractivity contribution in [2.75, 3.05) is 18.5 Å². The number of aryl methyl sites for hydroxylation is 1. The third kappa shape index (κ3) is 6.70. The molecular weight excluding hydrogens is 382 g/mol. The summed E-state index contributed by atoms with van der Waals surface area (Å²) in [6, 6.07) is 18.1. The lowest BCUT2D eigenvalue weighted by atomic mass is 10.2. The van der Waals surface area contributed by atoms with Crippen molar-refractivity contribution in [1.82, 2.24) is 10.6 Å². The Kier molecular flexibility index (Phi) is 7.49. The first-order valence-corrected chi connectivity index (χ1v) is 9.75. The third-order valence-corrected chi connectivity index (χ3v) is 4.25. The van der Waals surface area contributed by atoms with Gasteiger partial charge in [0.25, 0.3) is 5.91 Å². The molecule has 0 saturated carbocycles. The van der Waals surface area contributed by atoms with Crippen LogP contribution < -0.4 is 20.7 Å². The van der Waals surface area contributed by atoms with Crippen molar-refractivity contribution >= 4 is 17.6 Å². The summed E-state index contributed by atoms with van der Waals surface area (Å²) in [6.45, 7) is 3.40. The molecule has 0 aliphatic rings. The van der Waals surface area contributed by atoms with Gasteiger partial charge in [0.2, 0.25) is 0 Å². The Labute approximate surface area is 175 Å². The summed E-state index contributed by atoms with van der Waals surface area (Å²) < 4.78 is 10.7. The first kappa shape index (κ1) is 21.0. The smallest absolute Gasteiger partial charge is 0.315 e. The lowest BCUT2D eigenvalue weighted by Crippen LogP contribution is -2.36. The van der Waals surface area contributed by atoms with E-state index in [0.29, 0.717) is 31.8 Å². The Balaban J connectivity index is 1.34. The van der Waals surface area contributed by atoms with E-state index in [1.165, 1.54) is 6.26 Å². The van der Waals surface area contributed by atoms with Gasteiger partial charge >= 0.3 is 6.03 Å². The monoisotopic (exact) mass is 407 g/mol. The number of amides is 3. The molecule has 0 unspecified atom stereocenters. The van der Waals surface area contributed by atoms with Crippen LogP contribution in [0.5, 0.6) is 5.75 Å². The van der Waals surface area contributed by atoms with Gasteiger partial charge in [0.05, 0.1) is 12.9 Å². The number of anilines is 1. The number of hydrogen-bond donors (Lipinski definition) is 3. The number of carbonyl (C=O) groups is 2. The fraction of sp³-hybridized carbons (Fsp3) is 0.217. The first-order chi connectivity index (χ1) is 14.6. The minimum absolute atomic E-state index is 0.240. The van der Waals surface area contributed by atoms with Gasteiger partial charge in [-0.1, -0.05) is 24.3 Å². The molecule has 2 aromatic carbocycles. The second-order valence-corrected chi connectivity index (χ2v) is 6.76. The molecule has 7 heteroatoms. The van der Waals surface area contributed by atoms with Crippen LogP contribution >= 0.6 is 0 Å². The zero-order valence-corrected chi connectivity index (χ0v) is 16.8. The summed E-state index contributed by atoms with van der Waals surface area (Å²) in [7, 11) is 0. The van der Waals surface area contributed by atoms with Crippen molar-refractivity contribution in [2.24, 2.45) is 0 Å². The van der Waals surface area contributed by atoms with Crippen molar-refractivity contribution in [3.05, 3.63) is 83.8 Å². The SMILES string of the molecule is Cc1cccc(OCCCNC(=O)NCc2cccc(NC(=O)c3ccco3)c2)c1. The molecule has 156 valence electrons. The van der Waals surface area contributed by atoms with Crippen LogP contribution in [-0.4, -0.2) is 25.1 Å². The van der Waals surface area contributed by atoms with E-state index in [-0.39, 0.29) is 17.7 Å². The highest BCUT2D eigenvalue weighted by Gasteiger charge is 2.09. The summed E-state index contributed by atoms with van der Waals surface area (Å²) >= 11 is 0. The van der Waals surface area contributed by atoms with E-state index in [9.17, 15) is 9.59 Å². The second kappa shape index (κ2) is 10.7. The molecule has 30 heavy (non-hydrogen) atoms. The number of rotatable bonds is 9. The molecule has 0 fully saturated rings. The van der Waals surface area contributed by atoms with Gasteiger partial charge in [-0.25, -0.2) is 4.79 Å². The Morgan fingerprint density at radius 1 is 1.00 bits per heavy atom. The second-order valence-electron chi connectivity index (χ2n) is 6.76. The van der Waals surface area contributed by atoms with Crippen LogP contribution in [0.4, 0.5) is 10.5 Å². The zero-order valence-electron chi connectivity index (χ0n) is 16.8. The number of hydrogen-bond acceptors (Lipinski definition) is 4. The maximum atomic E-state index is 12.0. The Hall–Kier alpha value is -3.74. The lowest BCUT2D eigenvalue weighted by Gasteiger charge is -2.10. The van der Waals surface area contributed by atoms with Crippen molar-refractivity contribution in [2.45, 2.75) is 19.9 Å². The topological polar surface area (TPSA) is 92.6 Å². The van der Waals surface area contributed by atoms with Crippen LogP contribution in [0, 0.1) is 6.92 Å². The molecule has 0 aliphatic heterocycles. The summed E-state index contributed by atoms with van der Waals surface area (Å²) in [5.41, 5.74) is 2.64. The van der Waals surface area contributed by atoms with Crippen LogP contribution in [0.2, 0.25) is 0 Å². The third-order valence-electron chi connectivity index (χ3n) is 4.25. The highest BCUT2D eigenvalue weighted by Crippen LogP contribution is 2.13. The molecule has 1 heterocycles. The van der Waals surface area contributed by atoms with E-state index in [2.05, 4.69) is 16.0 Å². The van der Waals surface area contributed by atoms with Crippen molar-refractivity contribution in [3.8, 4) is 5.75 Å². The van der Waals surface area contributed by atoms with Gasteiger partial charge in [0.1, 0.15) is 5.75 Å². The number of furan rings is 1. The quantitative estimate of drug-likeness (QED) is 0.466. The Morgan fingerprint density at radius 2 is 1.87 bits per heavy atom. The van der Waals surface area contributed by atoms with E-state index < -0.39 is 0 Å². The first-order valence-electron chi connectivity index (χ1n) is 9.75. The molecule has 0 aliphatic carbocycles. The highest BCUT2D eigenvalue weighted by atomic mass is 16.5. The van der Waals surface area contributed by atoms with E-state index in [0.717, 1.165) is 16.9 Å². The Bertz CT molecular complexity index is 970. The van der Waals surface area contributed by atoms with E-state index in [4.69, 9.17) is 9.15 Å². The molecule has 1 aromatic heterocycles. The summed E-state index contributed by atoms with van der Waals surface area (Å²) in [5, 5.41) is 8.37. The van der Waals surface area contributed by atoms with Gasteiger partial charge in [0, 0.05) is 18.8 Å². The minimum Gasteiger partial charge on any atom is -0.494 e.